The molecule has 0 amide bonds. The smallest absolute Gasteiger partial charge is 0.0374 e. The number of hydrogen-bond donors (Lipinski definition) is 0. The molecule has 1 fully saturated rings. The molecule has 0 atom stereocenters. The maximum absolute atomic E-state index is 7.98. The Morgan fingerprint density at radius 3 is 2.20 bits per heavy atom. The molecule has 1 saturated carbocycles. The monoisotopic (exact) mass is 141 g/mol. The number of hydrogen-bond acceptors (Lipinski definition) is 1. The van der Waals surface area contributed by atoms with Gasteiger partial charge in [0.1, 0.15) is 0 Å². The highest BCUT2D eigenvalue weighted by molar-refractivity contribution is 4.72. The molecule has 0 bridgehead atoms. The van der Waals surface area contributed by atoms with Gasteiger partial charge in [0.05, 0.1) is 0 Å². The third kappa shape index (κ3) is 3.36. The van der Waals surface area contributed by atoms with Crippen molar-refractivity contribution >= 4 is 0 Å². The lowest BCUT2D eigenvalue weighted by molar-refractivity contribution is 0.698. The molecule has 0 saturated heterocycles. The Kier molecular flexibility index (Phi) is 5.99. The van der Waals surface area contributed by atoms with Gasteiger partial charge in [-0.3, -0.25) is 0 Å². The lowest BCUT2D eigenvalue weighted by Gasteiger charge is -1.92. The molecule has 58 valence electrons. The molecule has 0 N–H and O–H groups in total. The van der Waals surface area contributed by atoms with E-state index >= 15 is 0 Å². The summed E-state index contributed by atoms with van der Waals surface area (Å²) in [7, 11) is 0. The Balaban J connectivity index is 0.000000371. The van der Waals surface area contributed by atoms with Gasteiger partial charge in [-0.2, -0.15) is 0 Å². The summed E-state index contributed by atoms with van der Waals surface area (Å²) in [6.07, 6.45) is 4.68. The van der Waals surface area contributed by atoms with Gasteiger partial charge in [-0.1, -0.05) is 31.8 Å². The van der Waals surface area contributed by atoms with Crippen LogP contribution in [-0.4, -0.2) is 6.04 Å². The van der Waals surface area contributed by atoms with Crippen LogP contribution in [0, 0.1) is 0 Å². The maximum atomic E-state index is 7.98. The van der Waals surface area contributed by atoms with Crippen molar-refractivity contribution in [2.75, 3.05) is 0 Å². The Labute approximate surface area is 62.1 Å². The van der Waals surface area contributed by atoms with Crippen LogP contribution in [0.4, 0.5) is 0 Å². The molecule has 0 aliphatic heterocycles. The summed E-state index contributed by atoms with van der Waals surface area (Å²) in [4.78, 5) is 2.74. The van der Waals surface area contributed by atoms with E-state index in [1.807, 2.05) is 13.8 Å². The van der Waals surface area contributed by atoms with Gasteiger partial charge in [0, 0.05) is 11.0 Å². The van der Waals surface area contributed by atoms with Gasteiger partial charge in [0.2, 0.25) is 0 Å². The van der Waals surface area contributed by atoms with E-state index in [0.29, 0.717) is 6.04 Å². The molecule has 0 spiro atoms. The quantitative estimate of drug-likeness (QED) is 0.306. The summed E-state index contributed by atoms with van der Waals surface area (Å²) in [6.45, 7) is 4.00. The van der Waals surface area contributed by atoms with Crippen LogP contribution in [0.3, 0.4) is 0 Å². The number of nitrogens with zero attached hydrogens (tertiary/aromatic N) is 3. The lowest BCUT2D eigenvalue weighted by atomic mass is 10.3. The third-order valence-corrected chi connectivity index (χ3v) is 1.54. The van der Waals surface area contributed by atoms with Gasteiger partial charge in [-0.05, 0) is 18.4 Å². The second kappa shape index (κ2) is 6.43. The molecule has 10 heavy (non-hydrogen) atoms. The summed E-state index contributed by atoms with van der Waals surface area (Å²) < 4.78 is 0. The Bertz CT molecular complexity index is 110. The van der Waals surface area contributed by atoms with E-state index in [1.165, 1.54) is 12.8 Å². The van der Waals surface area contributed by atoms with E-state index in [4.69, 9.17) is 5.53 Å². The van der Waals surface area contributed by atoms with Gasteiger partial charge in [-0.15, -0.1) is 0 Å². The van der Waals surface area contributed by atoms with E-state index in [-0.39, 0.29) is 0 Å². The average Bonchev–Trinajstić information content (AvgIpc) is 2.46. The molecule has 3 heteroatoms. The Hall–Kier alpha value is -0.690. The van der Waals surface area contributed by atoms with Gasteiger partial charge < -0.3 is 0 Å². The first kappa shape index (κ1) is 9.31. The topological polar surface area (TPSA) is 48.8 Å². The van der Waals surface area contributed by atoms with Crippen molar-refractivity contribution in [3.63, 3.8) is 0 Å². The van der Waals surface area contributed by atoms with Gasteiger partial charge in [0.25, 0.3) is 0 Å². The summed E-state index contributed by atoms with van der Waals surface area (Å²) in [5.41, 5.74) is 7.98. The Morgan fingerprint density at radius 1 is 1.30 bits per heavy atom. The first-order valence-electron chi connectivity index (χ1n) is 3.97. The maximum Gasteiger partial charge on any atom is 0.0374 e. The normalized spacial score (nSPS) is 17.0. The molecule has 1 aliphatic rings. The van der Waals surface area contributed by atoms with Gasteiger partial charge in [-0.25, -0.2) is 0 Å². The molecule has 1 rings (SSSR count). The molecule has 0 aromatic heterocycles. The van der Waals surface area contributed by atoms with Crippen LogP contribution in [0.1, 0.15) is 39.5 Å². The fourth-order valence-electron chi connectivity index (χ4n) is 1.09. The summed E-state index contributed by atoms with van der Waals surface area (Å²) in [6, 6.07) is 0.319. The first-order chi connectivity index (χ1) is 4.93. The highest BCUT2D eigenvalue weighted by atomic mass is 15.1. The summed E-state index contributed by atoms with van der Waals surface area (Å²) in [5.74, 6) is 0. The van der Waals surface area contributed by atoms with E-state index in [9.17, 15) is 0 Å². The molecular formula is C7H15N3. The zero-order chi connectivity index (χ0) is 7.82. The first-order valence-corrected chi connectivity index (χ1v) is 3.97. The molecule has 3 nitrogen and oxygen atoms in total. The van der Waals surface area contributed by atoms with Crippen molar-refractivity contribution in [2.45, 2.75) is 45.6 Å². The summed E-state index contributed by atoms with van der Waals surface area (Å²) >= 11 is 0. The fourth-order valence-corrected chi connectivity index (χ4v) is 1.09. The highest BCUT2D eigenvalue weighted by Gasteiger charge is 2.11. The largest absolute Gasteiger partial charge is 0.0906 e. The number of rotatable bonds is 1. The van der Waals surface area contributed by atoms with Crippen molar-refractivity contribution in [3.05, 3.63) is 10.4 Å². The van der Waals surface area contributed by atoms with E-state index in [1.54, 1.807) is 0 Å². The molecule has 1 aliphatic carbocycles. The predicted octanol–water partition coefficient (Wildman–Crippen LogP) is 3.27. The zero-order valence-corrected chi connectivity index (χ0v) is 6.75. The highest BCUT2D eigenvalue weighted by Crippen LogP contribution is 2.20. The number of azide groups is 1. The zero-order valence-electron chi connectivity index (χ0n) is 6.75. The van der Waals surface area contributed by atoms with Crippen molar-refractivity contribution < 1.29 is 0 Å². The molecule has 0 aromatic carbocycles. The van der Waals surface area contributed by atoms with Crippen LogP contribution in [0.25, 0.3) is 10.4 Å². The minimum atomic E-state index is 0.319. The average molecular weight is 141 g/mol. The van der Waals surface area contributed by atoms with Crippen LogP contribution in [0.5, 0.6) is 0 Å². The van der Waals surface area contributed by atoms with Crippen molar-refractivity contribution in [2.24, 2.45) is 5.11 Å². The molecule has 0 radical (unpaired) electrons. The van der Waals surface area contributed by atoms with Crippen LogP contribution >= 0.6 is 0 Å². The molecular weight excluding hydrogens is 126 g/mol. The lowest BCUT2D eigenvalue weighted by Crippen LogP contribution is -1.91. The molecule has 0 unspecified atom stereocenters. The van der Waals surface area contributed by atoms with E-state index < -0.39 is 0 Å². The fraction of sp³-hybridized carbons (Fsp3) is 1.00. The van der Waals surface area contributed by atoms with Crippen molar-refractivity contribution in [1.29, 1.82) is 0 Å². The van der Waals surface area contributed by atoms with Crippen LogP contribution in [0.2, 0.25) is 0 Å². The van der Waals surface area contributed by atoms with Gasteiger partial charge in [0.15, 0.2) is 0 Å². The predicted molar refractivity (Wildman–Crippen MR) is 42.8 cm³/mol. The van der Waals surface area contributed by atoms with Crippen LogP contribution in [-0.2, 0) is 0 Å². The third-order valence-electron chi connectivity index (χ3n) is 1.54. The molecule has 0 heterocycles. The van der Waals surface area contributed by atoms with Crippen molar-refractivity contribution in [1.82, 2.24) is 0 Å². The van der Waals surface area contributed by atoms with Crippen LogP contribution < -0.4 is 0 Å². The Morgan fingerprint density at radius 2 is 1.80 bits per heavy atom. The molecule has 0 aromatic rings. The van der Waals surface area contributed by atoms with Crippen LogP contribution in [0.15, 0.2) is 5.11 Å². The SMILES string of the molecule is CC.[N-]=[N+]=NC1CCCC1. The second-order valence-corrected chi connectivity index (χ2v) is 2.14. The minimum Gasteiger partial charge on any atom is -0.0906 e. The minimum absolute atomic E-state index is 0.319. The summed E-state index contributed by atoms with van der Waals surface area (Å²) in [5, 5.41) is 3.60. The van der Waals surface area contributed by atoms with E-state index in [2.05, 4.69) is 10.0 Å². The van der Waals surface area contributed by atoms with E-state index in [0.717, 1.165) is 12.8 Å². The van der Waals surface area contributed by atoms with Gasteiger partial charge >= 0.3 is 0 Å². The van der Waals surface area contributed by atoms with Crippen molar-refractivity contribution in [3.8, 4) is 0 Å². The second-order valence-electron chi connectivity index (χ2n) is 2.14. The standard InChI is InChI=1S/C5H9N3.C2H6/c6-8-7-5-3-1-2-4-5;1-2/h5H,1-4H2;1-2H3.